The molecular formula is C21H36ClN7O4S. The van der Waals surface area contributed by atoms with Gasteiger partial charge in [0.1, 0.15) is 12.2 Å². The number of nitrogens with one attached hydrogen (secondary N) is 6. The Labute approximate surface area is 209 Å². The fraction of sp³-hybridized carbons (Fsp3) is 0.905. The Balaban J connectivity index is 1.17. The minimum absolute atomic E-state index is 0.00704. The molecule has 0 aliphatic carbocycles. The highest BCUT2D eigenvalue weighted by Crippen LogP contribution is 2.38. The number of piperidine rings is 2. The van der Waals surface area contributed by atoms with Crippen LogP contribution in [-0.2, 0) is 19.2 Å². The van der Waals surface area contributed by atoms with Crippen LogP contribution in [0.15, 0.2) is 0 Å². The zero-order chi connectivity index (χ0) is 23.8. The van der Waals surface area contributed by atoms with E-state index in [2.05, 4.69) is 39.0 Å². The molecule has 5 aliphatic rings. The van der Waals surface area contributed by atoms with E-state index in [9.17, 15) is 9.59 Å². The number of carbonyl (C=O) groups excluding carboxylic acids is 2. The van der Waals surface area contributed by atoms with Gasteiger partial charge in [-0.3, -0.25) is 30.4 Å². The lowest BCUT2D eigenvalue weighted by atomic mass is 9.70. The van der Waals surface area contributed by atoms with Crippen molar-refractivity contribution >= 4 is 35.2 Å². The number of hydrogen-bond acceptors (Lipinski definition) is 10. The van der Waals surface area contributed by atoms with Gasteiger partial charge in [0, 0.05) is 50.6 Å². The van der Waals surface area contributed by atoms with Crippen molar-refractivity contribution in [1.29, 1.82) is 0 Å². The highest BCUT2D eigenvalue weighted by Gasteiger charge is 2.47. The lowest BCUT2D eigenvalue weighted by Crippen LogP contribution is -2.57. The van der Waals surface area contributed by atoms with Crippen LogP contribution in [0.1, 0.15) is 19.8 Å². The predicted molar refractivity (Wildman–Crippen MR) is 128 cm³/mol. The standard InChI is InChI=1S/C21H36ClN7O4S/c1-10-3-11(12-4-17(22)24-6-15(12)32-2)13(5-23-10)19(30)27-21-26-14-7-29(8-16(14)34-21)20(31)18-25-9-33-28-18/h10-18,21,23-26,28H,3-9H2,1-2H3,(H,27,30). The van der Waals surface area contributed by atoms with Gasteiger partial charge in [0.05, 0.1) is 17.5 Å². The van der Waals surface area contributed by atoms with Crippen molar-refractivity contribution in [2.75, 3.05) is 40.0 Å². The second-order valence-corrected chi connectivity index (χ2v) is 11.9. The van der Waals surface area contributed by atoms with E-state index in [-0.39, 0.29) is 58.0 Å². The van der Waals surface area contributed by atoms with Gasteiger partial charge in [0.15, 0.2) is 6.17 Å². The van der Waals surface area contributed by atoms with E-state index in [1.807, 2.05) is 4.90 Å². The number of hydrogen-bond donors (Lipinski definition) is 6. The average Bonchev–Trinajstić information content (AvgIpc) is 3.55. The molecule has 0 aromatic rings. The van der Waals surface area contributed by atoms with Crippen LogP contribution in [0.5, 0.6) is 0 Å². The van der Waals surface area contributed by atoms with E-state index in [4.69, 9.17) is 21.2 Å². The van der Waals surface area contributed by atoms with E-state index in [0.717, 1.165) is 12.8 Å². The van der Waals surface area contributed by atoms with E-state index in [0.29, 0.717) is 39.0 Å². The van der Waals surface area contributed by atoms with Crippen LogP contribution >= 0.6 is 23.4 Å². The first-order chi connectivity index (χ1) is 16.4. The zero-order valence-electron chi connectivity index (χ0n) is 19.6. The molecule has 13 heteroatoms. The SMILES string of the molecule is COC1CNC(Cl)CC1C1CC(C)NCC1C(=O)NC1NC2CN(C(=O)C3NCON3)CC2S1. The molecule has 0 aromatic heterocycles. The zero-order valence-corrected chi connectivity index (χ0v) is 21.2. The summed E-state index contributed by atoms with van der Waals surface area (Å²) in [6.45, 7) is 5.13. The maximum absolute atomic E-state index is 13.5. The summed E-state index contributed by atoms with van der Waals surface area (Å²) in [7, 11) is 1.74. The number of amides is 2. The van der Waals surface area contributed by atoms with Gasteiger partial charge in [-0.15, -0.1) is 23.4 Å². The van der Waals surface area contributed by atoms with E-state index < -0.39 is 6.17 Å². The van der Waals surface area contributed by atoms with Gasteiger partial charge in [0.25, 0.3) is 5.91 Å². The Morgan fingerprint density at radius 3 is 2.74 bits per heavy atom. The molecule has 5 heterocycles. The smallest absolute Gasteiger partial charge is 0.256 e. The third-order valence-electron chi connectivity index (χ3n) is 7.85. The summed E-state index contributed by atoms with van der Waals surface area (Å²) in [5.41, 5.74) is 2.45. The van der Waals surface area contributed by atoms with E-state index >= 15 is 0 Å². The Kier molecular flexibility index (Phi) is 7.88. The number of alkyl halides is 1. The highest BCUT2D eigenvalue weighted by molar-refractivity contribution is 8.00. The van der Waals surface area contributed by atoms with Crippen LogP contribution < -0.4 is 32.1 Å². The van der Waals surface area contributed by atoms with Crippen molar-refractivity contribution in [3.8, 4) is 0 Å². The first kappa shape index (κ1) is 25.0. The first-order valence-corrected chi connectivity index (χ1v) is 13.6. The monoisotopic (exact) mass is 517 g/mol. The van der Waals surface area contributed by atoms with Gasteiger partial charge >= 0.3 is 0 Å². The summed E-state index contributed by atoms with van der Waals surface area (Å²) in [6, 6.07) is 0.507. The van der Waals surface area contributed by atoms with Crippen LogP contribution in [-0.4, -0.2) is 97.3 Å². The lowest BCUT2D eigenvalue weighted by molar-refractivity contribution is -0.134. The molecule has 5 saturated heterocycles. The maximum atomic E-state index is 13.5. The lowest BCUT2D eigenvalue weighted by Gasteiger charge is -2.45. The number of ether oxygens (including phenoxy) is 1. The number of carbonyl (C=O) groups is 2. The van der Waals surface area contributed by atoms with Gasteiger partial charge in [-0.25, -0.2) is 0 Å². The van der Waals surface area contributed by atoms with Crippen molar-refractivity contribution in [3.05, 3.63) is 0 Å². The number of nitrogens with zero attached hydrogens (tertiary/aromatic N) is 1. The Bertz CT molecular complexity index is 749. The number of rotatable bonds is 5. The van der Waals surface area contributed by atoms with Gasteiger partial charge in [-0.1, -0.05) is 0 Å². The molecule has 192 valence electrons. The normalized spacial score (nSPS) is 44.7. The summed E-state index contributed by atoms with van der Waals surface area (Å²) in [6.07, 6.45) is 1.28. The summed E-state index contributed by atoms with van der Waals surface area (Å²) in [4.78, 5) is 33.0. The van der Waals surface area contributed by atoms with E-state index in [1.165, 1.54) is 0 Å². The topological polar surface area (TPSA) is 128 Å². The molecule has 0 spiro atoms. The molecule has 0 radical (unpaired) electrons. The minimum atomic E-state index is -0.490. The molecular weight excluding hydrogens is 482 g/mol. The number of methoxy groups -OCH3 is 1. The molecule has 0 aromatic carbocycles. The minimum Gasteiger partial charge on any atom is -0.380 e. The number of hydroxylamine groups is 1. The van der Waals surface area contributed by atoms with Crippen LogP contribution in [0.3, 0.4) is 0 Å². The molecule has 5 rings (SSSR count). The van der Waals surface area contributed by atoms with Crippen LogP contribution in [0.2, 0.25) is 0 Å². The molecule has 11 nitrogen and oxygen atoms in total. The highest BCUT2D eigenvalue weighted by atomic mass is 35.5. The molecule has 6 N–H and O–H groups in total. The summed E-state index contributed by atoms with van der Waals surface area (Å²) in [5.74, 6) is 0.364. The summed E-state index contributed by atoms with van der Waals surface area (Å²) < 4.78 is 5.78. The molecule has 10 atom stereocenters. The summed E-state index contributed by atoms with van der Waals surface area (Å²) in [5, 5.41) is 16.8. The quantitative estimate of drug-likeness (QED) is 0.190. The number of thioether (sulfide) groups is 1. The van der Waals surface area contributed by atoms with Crippen molar-refractivity contribution < 1.29 is 19.2 Å². The molecule has 5 aliphatic heterocycles. The van der Waals surface area contributed by atoms with Gasteiger partial charge in [-0.2, -0.15) is 5.48 Å². The number of fused-ring (bicyclic) bond motifs is 1. The maximum Gasteiger partial charge on any atom is 0.256 e. The molecule has 0 saturated carbocycles. The fourth-order valence-electron chi connectivity index (χ4n) is 6.06. The fourth-order valence-corrected chi connectivity index (χ4v) is 7.76. The van der Waals surface area contributed by atoms with Crippen molar-refractivity contribution in [2.24, 2.45) is 17.8 Å². The van der Waals surface area contributed by atoms with Crippen LogP contribution in [0.4, 0.5) is 0 Å². The van der Waals surface area contributed by atoms with Crippen LogP contribution in [0.25, 0.3) is 0 Å². The average molecular weight is 518 g/mol. The number of likely N-dealkylation sites (tertiary alicyclic amines) is 1. The molecule has 2 amide bonds. The van der Waals surface area contributed by atoms with Crippen molar-refractivity contribution in [2.45, 2.75) is 60.4 Å². The van der Waals surface area contributed by atoms with Gasteiger partial charge in [-0.05, 0) is 31.6 Å². The van der Waals surface area contributed by atoms with Gasteiger partial charge < -0.3 is 20.3 Å². The van der Waals surface area contributed by atoms with E-state index in [1.54, 1.807) is 18.9 Å². The van der Waals surface area contributed by atoms with Crippen molar-refractivity contribution in [3.63, 3.8) is 0 Å². The second kappa shape index (κ2) is 10.7. The first-order valence-electron chi connectivity index (χ1n) is 12.2. The second-order valence-electron chi connectivity index (χ2n) is 9.99. The summed E-state index contributed by atoms with van der Waals surface area (Å²) >= 11 is 8.14. The molecule has 34 heavy (non-hydrogen) atoms. The number of halogens is 1. The third-order valence-corrected chi connectivity index (χ3v) is 9.54. The van der Waals surface area contributed by atoms with Gasteiger partial charge in [0.2, 0.25) is 5.91 Å². The van der Waals surface area contributed by atoms with Crippen LogP contribution in [0, 0.1) is 17.8 Å². The van der Waals surface area contributed by atoms with Crippen molar-refractivity contribution in [1.82, 2.24) is 37.0 Å². The predicted octanol–water partition coefficient (Wildman–Crippen LogP) is -1.49. The molecule has 5 fully saturated rings. The molecule has 0 bridgehead atoms. The Morgan fingerprint density at radius 1 is 1.15 bits per heavy atom. The largest absolute Gasteiger partial charge is 0.380 e. The Morgan fingerprint density at radius 2 is 2.00 bits per heavy atom. The molecule has 10 unspecified atom stereocenters. The third kappa shape index (κ3) is 5.21. The Hall–Kier alpha value is -0.700.